The molecule has 5 unspecified atom stereocenters. The fourth-order valence-corrected chi connectivity index (χ4v) is 4.89. The Kier molecular flexibility index (Phi) is 5.37. The lowest BCUT2D eigenvalue weighted by Crippen LogP contribution is -2.35. The highest BCUT2D eigenvalue weighted by Crippen LogP contribution is 2.38. The highest BCUT2D eigenvalue weighted by molar-refractivity contribution is 7.86. The van der Waals surface area contributed by atoms with Crippen molar-refractivity contribution in [2.45, 2.75) is 55.9 Å². The van der Waals surface area contributed by atoms with E-state index in [1.54, 1.807) is 0 Å². The first-order chi connectivity index (χ1) is 9.67. The summed E-state index contributed by atoms with van der Waals surface area (Å²) in [5.41, 5.74) is 1.33. The highest BCUT2D eigenvalue weighted by atomic mass is 32.2. The zero-order chi connectivity index (χ0) is 14.5. The lowest BCUT2D eigenvalue weighted by atomic mass is 9.79. The van der Waals surface area contributed by atoms with Gasteiger partial charge in [0.05, 0.1) is 17.2 Å². The summed E-state index contributed by atoms with van der Waals surface area (Å²) in [7, 11) is -0.898. The molecule has 1 saturated carbocycles. The predicted octanol–water partition coefficient (Wildman–Crippen LogP) is 4.01. The lowest BCUT2D eigenvalue weighted by Gasteiger charge is -2.33. The Morgan fingerprint density at radius 3 is 2.65 bits per heavy atom. The monoisotopic (exact) mass is 289 g/mol. The SMILES string of the molecule is CCC(C)S(=O)C1CC(c2ccccc2)CCC1C#N. The van der Waals surface area contributed by atoms with Crippen LogP contribution in [0.25, 0.3) is 0 Å². The number of hydrogen-bond acceptors (Lipinski definition) is 2. The van der Waals surface area contributed by atoms with Crippen LogP contribution in [-0.4, -0.2) is 14.7 Å². The maximum Gasteiger partial charge on any atom is 0.0668 e. The Morgan fingerprint density at radius 2 is 2.05 bits per heavy atom. The van der Waals surface area contributed by atoms with Crippen LogP contribution in [-0.2, 0) is 10.8 Å². The van der Waals surface area contributed by atoms with Crippen LogP contribution in [0.3, 0.4) is 0 Å². The molecule has 0 amide bonds. The van der Waals surface area contributed by atoms with Gasteiger partial charge in [0.1, 0.15) is 0 Å². The molecular formula is C17H23NOS. The minimum Gasteiger partial charge on any atom is -0.259 e. The summed E-state index contributed by atoms with van der Waals surface area (Å²) < 4.78 is 12.6. The van der Waals surface area contributed by atoms with Crippen LogP contribution in [0.4, 0.5) is 0 Å². The third-order valence-corrected chi connectivity index (χ3v) is 6.74. The first kappa shape index (κ1) is 15.3. The topological polar surface area (TPSA) is 40.9 Å². The van der Waals surface area contributed by atoms with Gasteiger partial charge in [-0.25, -0.2) is 0 Å². The molecule has 108 valence electrons. The molecule has 0 aliphatic heterocycles. The normalized spacial score (nSPS) is 29.4. The van der Waals surface area contributed by atoms with E-state index in [9.17, 15) is 9.47 Å². The zero-order valence-corrected chi connectivity index (χ0v) is 13.1. The van der Waals surface area contributed by atoms with Crippen LogP contribution < -0.4 is 0 Å². The molecule has 0 radical (unpaired) electrons. The van der Waals surface area contributed by atoms with Gasteiger partial charge in [0.25, 0.3) is 0 Å². The van der Waals surface area contributed by atoms with Crippen molar-refractivity contribution in [2.24, 2.45) is 5.92 Å². The quantitative estimate of drug-likeness (QED) is 0.840. The van der Waals surface area contributed by atoms with Crippen LogP contribution in [0.1, 0.15) is 51.0 Å². The smallest absolute Gasteiger partial charge is 0.0668 e. The van der Waals surface area contributed by atoms with Crippen molar-refractivity contribution in [2.75, 3.05) is 0 Å². The highest BCUT2D eigenvalue weighted by Gasteiger charge is 2.36. The van der Waals surface area contributed by atoms with Crippen LogP contribution >= 0.6 is 0 Å². The molecule has 0 N–H and O–H groups in total. The molecule has 0 aromatic heterocycles. The number of benzene rings is 1. The third-order valence-electron chi connectivity index (χ3n) is 4.50. The average molecular weight is 289 g/mol. The number of hydrogen-bond donors (Lipinski definition) is 0. The summed E-state index contributed by atoms with van der Waals surface area (Å²) in [5, 5.41) is 9.56. The Labute approximate surface area is 124 Å². The van der Waals surface area contributed by atoms with E-state index in [-0.39, 0.29) is 16.4 Å². The molecule has 0 saturated heterocycles. The van der Waals surface area contributed by atoms with Gasteiger partial charge in [-0.15, -0.1) is 0 Å². The molecule has 20 heavy (non-hydrogen) atoms. The molecule has 2 rings (SSSR count). The van der Waals surface area contributed by atoms with Gasteiger partial charge in [-0.05, 0) is 37.2 Å². The fraction of sp³-hybridized carbons (Fsp3) is 0.588. The zero-order valence-electron chi connectivity index (χ0n) is 12.3. The molecule has 1 aliphatic carbocycles. The second-order valence-electron chi connectivity index (χ2n) is 5.74. The summed E-state index contributed by atoms with van der Waals surface area (Å²) in [6.45, 7) is 4.11. The summed E-state index contributed by atoms with van der Waals surface area (Å²) in [6, 6.07) is 12.9. The molecule has 1 aromatic carbocycles. The minimum atomic E-state index is -0.898. The molecular weight excluding hydrogens is 266 g/mol. The first-order valence-corrected chi connectivity index (χ1v) is 8.78. The molecule has 5 atom stereocenters. The molecule has 0 bridgehead atoms. The molecule has 1 fully saturated rings. The molecule has 0 spiro atoms. The van der Waals surface area contributed by atoms with Gasteiger partial charge in [0, 0.05) is 16.0 Å². The van der Waals surface area contributed by atoms with Crippen molar-refractivity contribution in [3.63, 3.8) is 0 Å². The van der Waals surface area contributed by atoms with Gasteiger partial charge in [0.15, 0.2) is 0 Å². The average Bonchev–Trinajstić information content (AvgIpc) is 2.53. The lowest BCUT2D eigenvalue weighted by molar-refractivity contribution is 0.386. The molecule has 1 aliphatic rings. The van der Waals surface area contributed by atoms with E-state index in [1.807, 2.05) is 13.0 Å². The minimum absolute atomic E-state index is 0.0360. The third kappa shape index (κ3) is 3.30. The maximum absolute atomic E-state index is 12.6. The van der Waals surface area contributed by atoms with Gasteiger partial charge in [-0.1, -0.05) is 44.2 Å². The van der Waals surface area contributed by atoms with Gasteiger partial charge < -0.3 is 0 Å². The van der Waals surface area contributed by atoms with E-state index >= 15 is 0 Å². The van der Waals surface area contributed by atoms with Crippen LogP contribution in [0.5, 0.6) is 0 Å². The van der Waals surface area contributed by atoms with Crippen LogP contribution in [0.15, 0.2) is 30.3 Å². The van der Waals surface area contributed by atoms with Crippen molar-refractivity contribution >= 4 is 10.8 Å². The summed E-state index contributed by atoms with van der Waals surface area (Å²) >= 11 is 0. The summed E-state index contributed by atoms with van der Waals surface area (Å²) in [6.07, 6.45) is 3.72. The standard InChI is InChI=1S/C17H23NOS/c1-3-13(2)20(19)17-11-15(9-10-16(17)12-18)14-7-5-4-6-8-14/h4-8,13,15-17H,3,9-11H2,1-2H3. The van der Waals surface area contributed by atoms with Gasteiger partial charge in [0.2, 0.25) is 0 Å². The largest absolute Gasteiger partial charge is 0.259 e. The van der Waals surface area contributed by atoms with E-state index in [0.717, 1.165) is 25.7 Å². The van der Waals surface area contributed by atoms with E-state index in [4.69, 9.17) is 0 Å². The Morgan fingerprint density at radius 1 is 1.35 bits per heavy atom. The van der Waals surface area contributed by atoms with Crippen molar-refractivity contribution in [3.05, 3.63) is 35.9 Å². The number of nitrogens with zero attached hydrogens (tertiary/aromatic N) is 1. The number of rotatable bonds is 4. The van der Waals surface area contributed by atoms with Gasteiger partial charge in [-0.2, -0.15) is 5.26 Å². The van der Waals surface area contributed by atoms with E-state index in [1.165, 1.54) is 5.56 Å². The second kappa shape index (κ2) is 7.04. The number of nitriles is 1. The Hall–Kier alpha value is -1.14. The Bertz CT molecular complexity index is 493. The summed E-state index contributed by atoms with van der Waals surface area (Å²) in [4.78, 5) is 0. The van der Waals surface area contributed by atoms with Gasteiger partial charge in [-0.3, -0.25) is 4.21 Å². The molecule has 3 heteroatoms. The fourth-order valence-electron chi connectivity index (χ4n) is 3.02. The maximum atomic E-state index is 12.6. The van der Waals surface area contributed by atoms with E-state index < -0.39 is 10.8 Å². The van der Waals surface area contributed by atoms with Crippen molar-refractivity contribution < 1.29 is 4.21 Å². The Balaban J connectivity index is 2.16. The molecule has 1 aromatic rings. The molecule has 0 heterocycles. The van der Waals surface area contributed by atoms with Crippen molar-refractivity contribution in [3.8, 4) is 6.07 Å². The van der Waals surface area contributed by atoms with Crippen LogP contribution in [0, 0.1) is 17.2 Å². The second-order valence-corrected chi connectivity index (χ2v) is 7.81. The van der Waals surface area contributed by atoms with Gasteiger partial charge >= 0.3 is 0 Å². The van der Waals surface area contributed by atoms with Crippen molar-refractivity contribution in [1.82, 2.24) is 0 Å². The first-order valence-electron chi connectivity index (χ1n) is 7.51. The molecule has 2 nitrogen and oxygen atoms in total. The van der Waals surface area contributed by atoms with Crippen LogP contribution in [0.2, 0.25) is 0 Å². The van der Waals surface area contributed by atoms with E-state index in [2.05, 4.69) is 37.3 Å². The van der Waals surface area contributed by atoms with Crippen molar-refractivity contribution in [1.29, 1.82) is 5.26 Å². The summed E-state index contributed by atoms with van der Waals surface area (Å²) in [5.74, 6) is 0.420. The predicted molar refractivity (Wildman–Crippen MR) is 83.8 cm³/mol. The van der Waals surface area contributed by atoms with E-state index in [0.29, 0.717) is 5.92 Å².